The Hall–Kier alpha value is -7.06. The van der Waals surface area contributed by atoms with Crippen molar-refractivity contribution in [2.45, 2.75) is 62.5 Å². The normalized spacial score (nSPS) is 13.2. The molecule has 6 aromatic rings. The maximum Gasteiger partial charge on any atom is 0.416 e. The van der Waals surface area contributed by atoms with Crippen molar-refractivity contribution in [1.82, 2.24) is 0 Å². The van der Waals surface area contributed by atoms with Gasteiger partial charge in [0.2, 0.25) is 0 Å². The van der Waals surface area contributed by atoms with E-state index in [1.807, 2.05) is 42.6 Å². The maximum absolute atomic E-state index is 14.2. The van der Waals surface area contributed by atoms with Gasteiger partial charge in [-0.3, -0.25) is 0 Å². The van der Waals surface area contributed by atoms with E-state index < -0.39 is 195 Å². The fourth-order valence-corrected chi connectivity index (χ4v) is 7.76. The zero-order valence-electron chi connectivity index (χ0n) is 36.0. The first-order chi connectivity index (χ1) is 33.7. The minimum Gasteiger partial charge on any atom is -0.198 e. The highest BCUT2D eigenvalue weighted by Crippen LogP contribution is 2.41. The van der Waals surface area contributed by atoms with Crippen molar-refractivity contribution in [3.8, 4) is 0 Å². The fraction of sp³-hybridized carbons (Fsp3) is 0.222. The molecule has 5 aromatic carbocycles. The minimum atomic E-state index is -6.13. The summed E-state index contributed by atoms with van der Waals surface area (Å²) < 4.78 is 343. The number of hydrogen-bond donors (Lipinski definition) is 0. The molecule has 0 saturated heterocycles. The molecule has 4 nitrogen and oxygen atoms in total. The smallest absolute Gasteiger partial charge is 0.198 e. The van der Waals surface area contributed by atoms with Crippen molar-refractivity contribution in [2.24, 2.45) is 5.11 Å². The van der Waals surface area contributed by atoms with E-state index >= 15 is 0 Å². The molecule has 0 aliphatic rings. The molecule has 0 spiro atoms. The lowest BCUT2D eigenvalue weighted by molar-refractivity contribution is -0.695. The van der Waals surface area contributed by atoms with Gasteiger partial charge in [0.25, 0.3) is 0 Å². The molecular formula is C45H25BF24N4. The second-order valence-corrected chi connectivity index (χ2v) is 15.9. The highest BCUT2D eigenvalue weighted by molar-refractivity contribution is 7.20. The number of azide groups is 1. The second-order valence-electron chi connectivity index (χ2n) is 15.9. The van der Waals surface area contributed by atoms with Gasteiger partial charge in [0, 0.05) is 22.6 Å². The molecular weight excluding hydrogens is 1060 g/mol. The third-order valence-electron chi connectivity index (χ3n) is 11.0. The largest absolute Gasteiger partial charge is 0.416 e. The summed E-state index contributed by atoms with van der Waals surface area (Å²) in [5.41, 5.74) is -19.6. The van der Waals surface area contributed by atoms with Gasteiger partial charge in [-0.25, -0.2) is 0 Å². The van der Waals surface area contributed by atoms with Gasteiger partial charge in [-0.15, -0.1) is 0 Å². The van der Waals surface area contributed by atoms with E-state index in [-0.39, 0.29) is 0 Å². The van der Waals surface area contributed by atoms with Crippen LogP contribution in [0.5, 0.6) is 0 Å². The first-order valence-corrected chi connectivity index (χ1v) is 20.0. The number of alkyl halides is 24. The van der Waals surface area contributed by atoms with E-state index in [4.69, 9.17) is 5.53 Å². The predicted molar refractivity (Wildman–Crippen MR) is 215 cm³/mol. The molecule has 396 valence electrons. The Kier molecular flexibility index (Phi) is 15.9. The van der Waals surface area contributed by atoms with Gasteiger partial charge in [-0.05, 0) is 29.8 Å². The molecule has 0 radical (unpaired) electrons. The molecule has 74 heavy (non-hydrogen) atoms. The molecule has 0 aliphatic carbocycles. The fourth-order valence-electron chi connectivity index (χ4n) is 7.76. The quantitative estimate of drug-likeness (QED) is 0.0364. The van der Waals surface area contributed by atoms with Crippen molar-refractivity contribution in [1.29, 1.82) is 0 Å². The highest BCUT2D eigenvalue weighted by Gasteiger charge is 2.47. The van der Waals surface area contributed by atoms with Crippen molar-refractivity contribution in [3.63, 3.8) is 0 Å². The van der Waals surface area contributed by atoms with E-state index in [0.29, 0.717) is 6.54 Å². The third kappa shape index (κ3) is 13.6. The van der Waals surface area contributed by atoms with E-state index in [1.165, 1.54) is 5.56 Å². The summed E-state index contributed by atoms with van der Waals surface area (Å²) in [5.74, 6) is 0. The van der Waals surface area contributed by atoms with Gasteiger partial charge in [-0.1, -0.05) is 90.0 Å². The molecule has 0 fully saturated rings. The number of halogens is 24. The minimum absolute atomic E-state index is 0.379. The van der Waals surface area contributed by atoms with Crippen LogP contribution in [0, 0.1) is 0 Å². The molecule has 1 heterocycles. The lowest BCUT2D eigenvalue weighted by Crippen LogP contribution is -2.75. The monoisotopic (exact) mass is 1090 g/mol. The van der Waals surface area contributed by atoms with Crippen LogP contribution in [0.4, 0.5) is 105 Å². The summed E-state index contributed by atoms with van der Waals surface area (Å²) in [4.78, 5) is 2.79. The summed E-state index contributed by atoms with van der Waals surface area (Å²) in [6.07, 6.45) is -52.8. The average molecular weight is 1090 g/mol. The molecule has 0 aliphatic heterocycles. The van der Waals surface area contributed by atoms with Gasteiger partial charge in [-0.2, -0.15) is 132 Å². The van der Waals surface area contributed by atoms with E-state index in [1.54, 1.807) is 0 Å². The van der Waals surface area contributed by atoms with Crippen LogP contribution in [0.3, 0.4) is 0 Å². The van der Waals surface area contributed by atoms with Gasteiger partial charge < -0.3 is 0 Å². The molecule has 0 unspecified atom stereocenters. The Labute approximate surface area is 399 Å². The standard InChI is InChI=1S/C32H12BF24.C13H13N4/c34-25(35,36)13-1-14(26(37,38)39)6-21(5-13)33(22-7-15(27(40,41)42)2-16(8-22)28(43,44)45,23-9-17(29(46,47)48)3-18(10-23)30(49,50)51)24-11-19(31(52,53)54)4-20(12-24)32(55,56)57;14-16-15-10-13-8-4-5-9-17(13)11-12-6-2-1-3-7-12/h1-12H;1-9H,10-11H2/q-1;+1. The van der Waals surface area contributed by atoms with Crippen LogP contribution < -0.4 is 26.4 Å². The third-order valence-corrected chi connectivity index (χ3v) is 11.0. The molecule has 29 heteroatoms. The van der Waals surface area contributed by atoms with Crippen LogP contribution in [-0.4, -0.2) is 6.15 Å². The van der Waals surface area contributed by atoms with Crippen LogP contribution >= 0.6 is 0 Å². The molecule has 0 N–H and O–H groups in total. The van der Waals surface area contributed by atoms with Crippen LogP contribution in [-0.2, 0) is 62.5 Å². The van der Waals surface area contributed by atoms with E-state index in [2.05, 4.69) is 26.7 Å². The van der Waals surface area contributed by atoms with E-state index in [0.717, 1.165) is 12.2 Å². The Morgan fingerprint density at radius 2 is 0.622 bits per heavy atom. The van der Waals surface area contributed by atoms with Gasteiger partial charge in [0.05, 0.1) is 44.5 Å². The Morgan fingerprint density at radius 3 is 0.865 bits per heavy atom. The summed E-state index contributed by atoms with van der Waals surface area (Å²) in [5, 5.41) is 3.60. The van der Waals surface area contributed by atoms with Crippen molar-refractivity contribution in [2.75, 3.05) is 0 Å². The lowest BCUT2D eigenvalue weighted by atomic mass is 9.12. The molecule has 0 bridgehead atoms. The second kappa shape index (κ2) is 20.3. The van der Waals surface area contributed by atoms with Gasteiger partial charge in [0.15, 0.2) is 18.4 Å². The molecule has 6 rings (SSSR count). The Morgan fingerprint density at radius 1 is 0.365 bits per heavy atom. The first-order valence-electron chi connectivity index (χ1n) is 20.0. The number of nitrogens with zero attached hydrogens (tertiary/aromatic N) is 4. The zero-order chi connectivity index (χ0) is 55.8. The molecule has 0 amide bonds. The number of pyridine rings is 1. The summed E-state index contributed by atoms with van der Waals surface area (Å²) in [6.45, 7) is 1.17. The predicted octanol–water partition coefficient (Wildman–Crippen LogP) is 14.0. The van der Waals surface area contributed by atoms with Crippen molar-refractivity contribution in [3.05, 3.63) is 194 Å². The van der Waals surface area contributed by atoms with E-state index in [9.17, 15) is 105 Å². The molecule has 0 saturated carbocycles. The average Bonchev–Trinajstić information content (AvgIpc) is 3.27. The number of benzene rings is 5. The molecule has 1 aromatic heterocycles. The van der Waals surface area contributed by atoms with Crippen molar-refractivity contribution < 1.29 is 110 Å². The topological polar surface area (TPSA) is 52.6 Å². The van der Waals surface area contributed by atoms with Crippen LogP contribution in [0.25, 0.3) is 10.4 Å². The number of aromatic nitrogens is 1. The Bertz CT molecular complexity index is 2570. The highest BCUT2D eigenvalue weighted by atomic mass is 19.4. The van der Waals surface area contributed by atoms with Gasteiger partial charge in [0.1, 0.15) is 12.7 Å². The van der Waals surface area contributed by atoms with Crippen LogP contribution in [0.1, 0.15) is 55.8 Å². The van der Waals surface area contributed by atoms with Crippen molar-refractivity contribution >= 4 is 28.0 Å². The Balaban J connectivity index is 0.000000500. The number of rotatable bonds is 8. The zero-order valence-corrected chi connectivity index (χ0v) is 36.0. The van der Waals surface area contributed by atoms with Crippen LogP contribution in [0.2, 0.25) is 0 Å². The summed E-state index contributed by atoms with van der Waals surface area (Å²) in [7, 11) is 0. The lowest BCUT2D eigenvalue weighted by Gasteiger charge is -2.46. The summed E-state index contributed by atoms with van der Waals surface area (Å²) >= 11 is 0. The van der Waals surface area contributed by atoms with Gasteiger partial charge >= 0.3 is 49.4 Å². The first kappa shape index (κ1) is 57.8. The maximum atomic E-state index is 14.2. The summed E-state index contributed by atoms with van der Waals surface area (Å²) in [6, 6.07) is 7.28. The number of hydrogen-bond acceptors (Lipinski definition) is 1. The SMILES string of the molecule is FC(F)(F)c1cc([B-](c2cc(C(F)(F)F)cc(C(F)(F)F)c2)(c2cc(C(F)(F)F)cc(C(F)(F)F)c2)c2cc(C(F)(F)F)cc(C(F)(F)F)c2)cc(C(F)(F)F)c1.[N-]=[N+]=NCc1cccc[n+]1Cc1ccccc1. The molecule has 0 atom stereocenters. The van der Waals surface area contributed by atoms with Crippen LogP contribution in [0.15, 0.2) is 133 Å².